The van der Waals surface area contributed by atoms with Crippen molar-refractivity contribution in [1.29, 1.82) is 0 Å². The van der Waals surface area contributed by atoms with E-state index in [1.54, 1.807) is 36.3 Å². The second kappa shape index (κ2) is 7.50. The number of halogens is 1. The SMILES string of the molecule is COc1cccc(NC(=O)c2nc3c(s2)CCN(C(=O)C2(F)CCC2)CC3)c1. The van der Waals surface area contributed by atoms with Gasteiger partial charge in [-0.1, -0.05) is 6.07 Å². The van der Waals surface area contributed by atoms with Gasteiger partial charge < -0.3 is 15.0 Å². The molecule has 4 rings (SSSR count). The van der Waals surface area contributed by atoms with Crippen LogP contribution in [0.25, 0.3) is 0 Å². The molecule has 1 aromatic heterocycles. The molecule has 0 bridgehead atoms. The molecule has 0 atom stereocenters. The van der Waals surface area contributed by atoms with Gasteiger partial charge in [0.2, 0.25) is 0 Å². The normalized spacial score (nSPS) is 17.9. The fourth-order valence-electron chi connectivity index (χ4n) is 3.53. The van der Waals surface area contributed by atoms with Crippen molar-refractivity contribution in [3.63, 3.8) is 0 Å². The molecule has 28 heavy (non-hydrogen) atoms. The molecule has 148 valence electrons. The van der Waals surface area contributed by atoms with Crippen molar-refractivity contribution >= 4 is 28.8 Å². The van der Waals surface area contributed by atoms with Crippen LogP contribution in [-0.2, 0) is 17.6 Å². The first kappa shape index (κ1) is 18.9. The van der Waals surface area contributed by atoms with E-state index in [9.17, 15) is 14.0 Å². The van der Waals surface area contributed by atoms with Gasteiger partial charge >= 0.3 is 0 Å². The number of carbonyl (C=O) groups excluding carboxylic acids is 2. The number of carbonyl (C=O) groups is 2. The van der Waals surface area contributed by atoms with E-state index >= 15 is 0 Å². The molecule has 8 heteroatoms. The summed E-state index contributed by atoms with van der Waals surface area (Å²) in [5.41, 5.74) is -0.189. The van der Waals surface area contributed by atoms with E-state index < -0.39 is 5.67 Å². The highest BCUT2D eigenvalue weighted by Gasteiger charge is 2.47. The first-order valence-electron chi connectivity index (χ1n) is 9.41. The zero-order valence-electron chi connectivity index (χ0n) is 15.7. The number of nitrogens with zero attached hydrogens (tertiary/aromatic N) is 2. The third-order valence-electron chi connectivity index (χ3n) is 5.34. The predicted molar refractivity (Wildman–Crippen MR) is 105 cm³/mol. The van der Waals surface area contributed by atoms with Crippen molar-refractivity contribution in [1.82, 2.24) is 9.88 Å². The molecule has 0 saturated heterocycles. The molecule has 2 amide bonds. The largest absolute Gasteiger partial charge is 0.497 e. The van der Waals surface area contributed by atoms with E-state index in [0.29, 0.717) is 55.2 Å². The molecule has 0 unspecified atom stereocenters. The molecule has 1 aromatic carbocycles. The van der Waals surface area contributed by atoms with Crippen LogP contribution in [0.4, 0.5) is 10.1 Å². The van der Waals surface area contributed by atoms with Gasteiger partial charge in [-0.3, -0.25) is 9.59 Å². The first-order valence-corrected chi connectivity index (χ1v) is 10.2. The van der Waals surface area contributed by atoms with Crippen LogP contribution >= 0.6 is 11.3 Å². The van der Waals surface area contributed by atoms with E-state index in [1.807, 2.05) is 0 Å². The number of aromatic nitrogens is 1. The lowest BCUT2D eigenvalue weighted by Crippen LogP contribution is -2.51. The second-order valence-corrected chi connectivity index (χ2v) is 8.27. The number of ether oxygens (including phenoxy) is 1. The minimum Gasteiger partial charge on any atom is -0.497 e. The molecule has 1 aliphatic carbocycles. The quantitative estimate of drug-likeness (QED) is 0.851. The van der Waals surface area contributed by atoms with E-state index in [4.69, 9.17) is 4.74 Å². The Morgan fingerprint density at radius 3 is 2.79 bits per heavy atom. The Hall–Kier alpha value is -2.48. The van der Waals surface area contributed by atoms with Crippen molar-refractivity contribution < 1.29 is 18.7 Å². The molecule has 6 nitrogen and oxygen atoms in total. The van der Waals surface area contributed by atoms with Crippen molar-refractivity contribution in [2.75, 3.05) is 25.5 Å². The van der Waals surface area contributed by atoms with Crippen LogP contribution in [0.2, 0.25) is 0 Å². The van der Waals surface area contributed by atoms with Crippen LogP contribution in [0.5, 0.6) is 5.75 Å². The number of hydrogen-bond donors (Lipinski definition) is 1. The lowest BCUT2D eigenvalue weighted by Gasteiger charge is -2.36. The molecular weight excluding hydrogens is 381 g/mol. The molecule has 1 N–H and O–H groups in total. The molecule has 2 heterocycles. The maximum absolute atomic E-state index is 14.4. The van der Waals surface area contributed by atoms with Crippen molar-refractivity contribution in [2.24, 2.45) is 0 Å². The van der Waals surface area contributed by atoms with Gasteiger partial charge in [-0.2, -0.15) is 0 Å². The van der Waals surface area contributed by atoms with Crippen LogP contribution in [-0.4, -0.2) is 47.6 Å². The van der Waals surface area contributed by atoms with Crippen LogP contribution in [0.3, 0.4) is 0 Å². The number of benzene rings is 1. The smallest absolute Gasteiger partial charge is 0.284 e. The molecule has 2 aliphatic rings. The van der Waals surface area contributed by atoms with Gasteiger partial charge in [0, 0.05) is 42.6 Å². The first-order chi connectivity index (χ1) is 13.5. The number of alkyl halides is 1. The average molecular weight is 403 g/mol. The Morgan fingerprint density at radius 1 is 1.29 bits per heavy atom. The minimum absolute atomic E-state index is 0.267. The zero-order chi connectivity index (χ0) is 19.7. The van der Waals surface area contributed by atoms with E-state index in [0.717, 1.165) is 17.0 Å². The average Bonchev–Trinajstić information content (AvgIpc) is 2.99. The summed E-state index contributed by atoms with van der Waals surface area (Å²) in [6.45, 7) is 0.912. The minimum atomic E-state index is -1.66. The Morgan fingerprint density at radius 2 is 2.07 bits per heavy atom. The van der Waals surface area contributed by atoms with Crippen molar-refractivity contribution in [3.05, 3.63) is 39.8 Å². The molecule has 1 fully saturated rings. The zero-order valence-corrected chi connectivity index (χ0v) is 16.5. The fraction of sp³-hybridized carbons (Fsp3) is 0.450. The number of anilines is 1. The van der Waals surface area contributed by atoms with Crippen LogP contribution < -0.4 is 10.1 Å². The number of nitrogens with one attached hydrogen (secondary N) is 1. The van der Waals surface area contributed by atoms with Gasteiger partial charge in [0.25, 0.3) is 11.8 Å². The molecule has 0 radical (unpaired) electrons. The lowest BCUT2D eigenvalue weighted by atomic mass is 9.81. The molecule has 1 saturated carbocycles. The number of hydrogen-bond acceptors (Lipinski definition) is 5. The number of rotatable bonds is 4. The Kier molecular flexibility index (Phi) is 5.05. The summed E-state index contributed by atoms with van der Waals surface area (Å²) in [6.07, 6.45) is 2.58. The molecule has 1 aliphatic heterocycles. The summed E-state index contributed by atoms with van der Waals surface area (Å²) in [6, 6.07) is 7.14. The summed E-state index contributed by atoms with van der Waals surface area (Å²) < 4.78 is 19.6. The number of fused-ring (bicyclic) bond motifs is 1. The van der Waals surface area contributed by atoms with Gasteiger partial charge in [-0.05, 0) is 31.4 Å². The Balaban J connectivity index is 1.42. The number of amides is 2. The molecular formula is C20H22FN3O3S. The fourth-order valence-corrected chi connectivity index (χ4v) is 4.53. The lowest BCUT2D eigenvalue weighted by molar-refractivity contribution is -0.149. The van der Waals surface area contributed by atoms with Crippen molar-refractivity contribution in [3.8, 4) is 5.75 Å². The van der Waals surface area contributed by atoms with Crippen molar-refractivity contribution in [2.45, 2.75) is 37.8 Å². The number of methoxy groups -OCH3 is 1. The van der Waals surface area contributed by atoms with E-state index in [-0.39, 0.29) is 11.8 Å². The van der Waals surface area contributed by atoms with Gasteiger partial charge in [-0.25, -0.2) is 9.37 Å². The highest BCUT2D eigenvalue weighted by molar-refractivity contribution is 7.13. The Bertz CT molecular complexity index is 884. The van der Waals surface area contributed by atoms with E-state index in [2.05, 4.69) is 10.3 Å². The second-order valence-electron chi connectivity index (χ2n) is 7.19. The monoisotopic (exact) mass is 403 g/mol. The maximum Gasteiger partial charge on any atom is 0.284 e. The van der Waals surface area contributed by atoms with E-state index in [1.165, 1.54) is 11.3 Å². The van der Waals surface area contributed by atoms with Gasteiger partial charge in [0.05, 0.1) is 12.8 Å². The molecule has 0 spiro atoms. The summed E-state index contributed by atoms with van der Waals surface area (Å²) >= 11 is 1.34. The van der Waals surface area contributed by atoms with Gasteiger partial charge in [0.15, 0.2) is 10.7 Å². The summed E-state index contributed by atoms with van der Waals surface area (Å²) in [7, 11) is 1.57. The van der Waals surface area contributed by atoms with Gasteiger partial charge in [0.1, 0.15) is 5.75 Å². The number of thiazole rings is 1. The standard InChI is InChI=1S/C20H22FN3O3S/c1-27-14-5-2-4-13(12-14)22-17(25)18-23-15-6-10-24(11-7-16(15)28-18)19(26)20(21)8-3-9-20/h2,4-5,12H,3,6-11H2,1H3,(H,22,25). The van der Waals surface area contributed by atoms with Crippen LogP contribution in [0.15, 0.2) is 24.3 Å². The topological polar surface area (TPSA) is 71.5 Å². The highest BCUT2D eigenvalue weighted by atomic mass is 32.1. The van der Waals surface area contributed by atoms with Crippen LogP contribution in [0, 0.1) is 0 Å². The summed E-state index contributed by atoms with van der Waals surface area (Å²) in [5.74, 6) is 0.0101. The predicted octanol–water partition coefficient (Wildman–Crippen LogP) is 3.22. The van der Waals surface area contributed by atoms with Gasteiger partial charge in [-0.15, -0.1) is 11.3 Å². The Labute approximate surface area is 166 Å². The molecule has 2 aromatic rings. The summed E-state index contributed by atoms with van der Waals surface area (Å²) in [5, 5.41) is 3.23. The van der Waals surface area contributed by atoms with Crippen LogP contribution in [0.1, 0.15) is 39.6 Å². The maximum atomic E-state index is 14.4. The third kappa shape index (κ3) is 3.61. The third-order valence-corrected chi connectivity index (χ3v) is 6.50. The highest BCUT2D eigenvalue weighted by Crippen LogP contribution is 2.38. The summed E-state index contributed by atoms with van der Waals surface area (Å²) in [4.78, 5) is 32.1.